The maximum absolute atomic E-state index is 13.2. The molecule has 0 spiro atoms. The van der Waals surface area contributed by atoms with Crippen LogP contribution in [0.2, 0.25) is 0 Å². The van der Waals surface area contributed by atoms with Crippen LogP contribution in [-0.4, -0.2) is 19.6 Å². The fourth-order valence-corrected chi connectivity index (χ4v) is 3.09. The SMILES string of the molecule is COC(CNC(=O)c1cc(Br)cs1)c1cccc(F)c1. The van der Waals surface area contributed by atoms with Gasteiger partial charge in [0, 0.05) is 23.5 Å². The third kappa shape index (κ3) is 3.88. The maximum Gasteiger partial charge on any atom is 0.261 e. The fraction of sp³-hybridized carbons (Fsp3) is 0.214. The second-order valence-electron chi connectivity index (χ2n) is 4.12. The Labute approximate surface area is 128 Å². The Hall–Kier alpha value is -1.24. The average Bonchev–Trinajstić information content (AvgIpc) is 2.86. The van der Waals surface area contributed by atoms with Crippen molar-refractivity contribution in [2.24, 2.45) is 0 Å². The van der Waals surface area contributed by atoms with E-state index in [1.165, 1.54) is 30.6 Å². The summed E-state index contributed by atoms with van der Waals surface area (Å²) in [6.07, 6.45) is -0.377. The summed E-state index contributed by atoms with van der Waals surface area (Å²) < 4.78 is 19.4. The third-order valence-electron chi connectivity index (χ3n) is 2.74. The number of methoxy groups -OCH3 is 1. The van der Waals surface area contributed by atoms with Gasteiger partial charge in [0.1, 0.15) is 5.82 Å². The number of carbonyl (C=O) groups excluding carboxylic acids is 1. The van der Waals surface area contributed by atoms with E-state index in [1.54, 1.807) is 18.2 Å². The maximum atomic E-state index is 13.2. The normalized spacial score (nSPS) is 12.2. The van der Waals surface area contributed by atoms with Gasteiger partial charge in [0.05, 0.1) is 11.0 Å². The summed E-state index contributed by atoms with van der Waals surface area (Å²) in [7, 11) is 1.53. The average molecular weight is 358 g/mol. The van der Waals surface area contributed by atoms with Gasteiger partial charge in [-0.2, -0.15) is 0 Å². The van der Waals surface area contributed by atoms with Crippen LogP contribution in [0, 0.1) is 5.82 Å². The molecule has 0 fully saturated rings. The second kappa shape index (κ2) is 6.97. The zero-order chi connectivity index (χ0) is 14.5. The molecule has 0 saturated heterocycles. The molecule has 0 saturated carbocycles. The van der Waals surface area contributed by atoms with Gasteiger partial charge in [-0.15, -0.1) is 11.3 Å². The summed E-state index contributed by atoms with van der Waals surface area (Å²) in [6, 6.07) is 7.92. The first kappa shape index (κ1) is 15.2. The van der Waals surface area contributed by atoms with Crippen molar-refractivity contribution in [1.29, 1.82) is 0 Å². The van der Waals surface area contributed by atoms with Crippen molar-refractivity contribution in [1.82, 2.24) is 5.32 Å². The summed E-state index contributed by atoms with van der Waals surface area (Å²) in [5.74, 6) is -0.489. The van der Waals surface area contributed by atoms with Crippen LogP contribution in [0.25, 0.3) is 0 Å². The van der Waals surface area contributed by atoms with Gasteiger partial charge >= 0.3 is 0 Å². The molecule has 0 aliphatic carbocycles. The molecule has 1 amide bonds. The van der Waals surface area contributed by atoms with E-state index in [0.29, 0.717) is 10.4 Å². The standard InChI is InChI=1S/C14H13BrFNO2S/c1-19-12(9-3-2-4-11(16)5-9)7-17-14(18)13-6-10(15)8-20-13/h2-6,8,12H,7H2,1H3,(H,17,18). The second-order valence-corrected chi connectivity index (χ2v) is 5.95. The highest BCUT2D eigenvalue weighted by Crippen LogP contribution is 2.20. The van der Waals surface area contributed by atoms with Crippen LogP contribution >= 0.6 is 27.3 Å². The number of ether oxygens (including phenoxy) is 1. The van der Waals surface area contributed by atoms with Gasteiger partial charge in [-0.25, -0.2) is 4.39 Å². The molecule has 106 valence electrons. The number of nitrogens with one attached hydrogen (secondary N) is 1. The van der Waals surface area contributed by atoms with Crippen molar-refractivity contribution >= 4 is 33.2 Å². The zero-order valence-electron chi connectivity index (χ0n) is 10.7. The number of hydrogen-bond donors (Lipinski definition) is 1. The summed E-state index contributed by atoms with van der Waals surface area (Å²) in [5.41, 5.74) is 0.695. The van der Waals surface area contributed by atoms with E-state index >= 15 is 0 Å². The van der Waals surface area contributed by atoms with Crippen molar-refractivity contribution in [3.8, 4) is 0 Å². The molecule has 1 atom stereocenters. The molecule has 6 heteroatoms. The smallest absolute Gasteiger partial charge is 0.261 e. The highest BCUT2D eigenvalue weighted by Gasteiger charge is 2.14. The topological polar surface area (TPSA) is 38.3 Å². The lowest BCUT2D eigenvalue weighted by Gasteiger charge is -2.16. The Kier molecular flexibility index (Phi) is 5.28. The Bertz CT molecular complexity index is 602. The minimum Gasteiger partial charge on any atom is -0.375 e. The van der Waals surface area contributed by atoms with E-state index in [0.717, 1.165) is 4.47 Å². The van der Waals surface area contributed by atoms with E-state index in [4.69, 9.17) is 4.74 Å². The third-order valence-corrected chi connectivity index (χ3v) is 4.43. The zero-order valence-corrected chi connectivity index (χ0v) is 13.1. The van der Waals surface area contributed by atoms with Crippen molar-refractivity contribution in [3.05, 3.63) is 56.4 Å². The summed E-state index contributed by atoms with van der Waals surface area (Å²) in [4.78, 5) is 12.5. The molecule has 3 nitrogen and oxygen atoms in total. The number of rotatable bonds is 5. The molecule has 0 aliphatic rings. The Morgan fingerprint density at radius 1 is 1.50 bits per heavy atom. The predicted octanol–water partition coefficient (Wildman–Crippen LogP) is 3.77. The molecule has 0 aliphatic heterocycles. The van der Waals surface area contributed by atoms with Crippen molar-refractivity contribution < 1.29 is 13.9 Å². The van der Waals surface area contributed by atoms with E-state index in [-0.39, 0.29) is 24.4 Å². The van der Waals surface area contributed by atoms with Gasteiger partial charge in [-0.05, 0) is 39.7 Å². The van der Waals surface area contributed by atoms with Crippen molar-refractivity contribution in [2.45, 2.75) is 6.10 Å². The lowest BCUT2D eigenvalue weighted by Crippen LogP contribution is -2.28. The Morgan fingerprint density at radius 2 is 2.30 bits per heavy atom. The van der Waals surface area contributed by atoms with E-state index < -0.39 is 0 Å². The minimum atomic E-state index is -0.377. The molecule has 1 N–H and O–H groups in total. The van der Waals surface area contributed by atoms with Gasteiger partial charge in [0.15, 0.2) is 0 Å². The van der Waals surface area contributed by atoms with Gasteiger partial charge in [-0.1, -0.05) is 12.1 Å². The summed E-state index contributed by atoms with van der Waals surface area (Å²) in [5, 5.41) is 4.63. The number of amides is 1. The molecule has 2 aromatic rings. The quantitative estimate of drug-likeness (QED) is 0.884. The van der Waals surface area contributed by atoms with Crippen LogP contribution < -0.4 is 5.32 Å². The van der Waals surface area contributed by atoms with Crippen LogP contribution in [0.3, 0.4) is 0 Å². The number of halogens is 2. The lowest BCUT2D eigenvalue weighted by molar-refractivity contribution is 0.0830. The van der Waals surface area contributed by atoms with E-state index in [2.05, 4.69) is 21.2 Å². The molecular formula is C14H13BrFNO2S. The van der Waals surface area contributed by atoms with Crippen molar-refractivity contribution in [2.75, 3.05) is 13.7 Å². The number of hydrogen-bond acceptors (Lipinski definition) is 3. The van der Waals surface area contributed by atoms with E-state index in [1.807, 2.05) is 5.38 Å². The molecule has 0 radical (unpaired) electrons. The summed E-state index contributed by atoms with van der Waals surface area (Å²) >= 11 is 4.66. The van der Waals surface area contributed by atoms with Gasteiger partial charge < -0.3 is 10.1 Å². The highest BCUT2D eigenvalue weighted by molar-refractivity contribution is 9.10. The van der Waals surface area contributed by atoms with Crippen LogP contribution in [0.1, 0.15) is 21.3 Å². The first-order chi connectivity index (χ1) is 9.60. The number of benzene rings is 1. The molecule has 0 bridgehead atoms. The van der Waals surface area contributed by atoms with Crippen molar-refractivity contribution in [3.63, 3.8) is 0 Å². The van der Waals surface area contributed by atoms with Crippen LogP contribution in [0.15, 0.2) is 40.2 Å². The predicted molar refractivity (Wildman–Crippen MR) is 80.5 cm³/mol. The van der Waals surface area contributed by atoms with Crippen LogP contribution in [0.5, 0.6) is 0 Å². The lowest BCUT2D eigenvalue weighted by atomic mass is 10.1. The van der Waals surface area contributed by atoms with Crippen LogP contribution in [-0.2, 0) is 4.74 Å². The molecule has 20 heavy (non-hydrogen) atoms. The molecule has 2 rings (SSSR count). The fourth-order valence-electron chi connectivity index (χ4n) is 1.75. The molecule has 1 aromatic carbocycles. The van der Waals surface area contributed by atoms with E-state index in [9.17, 15) is 9.18 Å². The largest absolute Gasteiger partial charge is 0.375 e. The Balaban J connectivity index is 1.99. The monoisotopic (exact) mass is 357 g/mol. The first-order valence-corrected chi connectivity index (χ1v) is 7.58. The molecular weight excluding hydrogens is 345 g/mol. The summed E-state index contributed by atoms with van der Waals surface area (Å²) in [6.45, 7) is 0.286. The molecule has 1 aromatic heterocycles. The van der Waals surface area contributed by atoms with Gasteiger partial charge in [0.25, 0.3) is 5.91 Å². The minimum absolute atomic E-state index is 0.167. The highest BCUT2D eigenvalue weighted by atomic mass is 79.9. The molecule has 1 heterocycles. The molecule has 1 unspecified atom stereocenters. The van der Waals surface area contributed by atoms with Crippen LogP contribution in [0.4, 0.5) is 4.39 Å². The van der Waals surface area contributed by atoms with Gasteiger partial charge in [0.2, 0.25) is 0 Å². The Morgan fingerprint density at radius 3 is 2.90 bits per heavy atom. The number of thiophene rings is 1. The first-order valence-electron chi connectivity index (χ1n) is 5.90. The number of carbonyl (C=O) groups is 1. The van der Waals surface area contributed by atoms with Gasteiger partial charge in [-0.3, -0.25) is 4.79 Å².